The number of carbonyl (C=O) groups excluding carboxylic acids is 1. The van der Waals surface area contributed by atoms with E-state index in [0.717, 1.165) is 12.6 Å². The third-order valence-corrected chi connectivity index (χ3v) is 2.17. The molecule has 0 aliphatic rings. The van der Waals surface area contributed by atoms with Crippen molar-refractivity contribution in [3.05, 3.63) is 17.5 Å². The molecule has 0 bridgehead atoms. The van der Waals surface area contributed by atoms with Gasteiger partial charge in [0, 0.05) is 19.2 Å². The van der Waals surface area contributed by atoms with Crippen molar-refractivity contribution in [1.82, 2.24) is 15.4 Å². The molecule has 0 aromatic carbocycles. The number of carboxylic acid groups (broad SMARTS) is 1. The summed E-state index contributed by atoms with van der Waals surface area (Å²) in [5.41, 5.74) is -0.0642. The van der Waals surface area contributed by atoms with Gasteiger partial charge in [0.05, 0.1) is 13.2 Å². The normalized spacial score (nSPS) is 10.7. The van der Waals surface area contributed by atoms with E-state index >= 15 is 0 Å². The van der Waals surface area contributed by atoms with Crippen molar-refractivity contribution in [2.75, 3.05) is 40.4 Å². The van der Waals surface area contributed by atoms with Gasteiger partial charge < -0.3 is 24.6 Å². The third kappa shape index (κ3) is 5.49. The zero-order valence-corrected chi connectivity index (χ0v) is 10.9. The average molecular weight is 271 g/mol. The highest BCUT2D eigenvalue weighted by Crippen LogP contribution is 2.02. The van der Waals surface area contributed by atoms with Crippen LogP contribution in [-0.2, 0) is 4.74 Å². The number of aromatic carboxylic acids is 1. The summed E-state index contributed by atoms with van der Waals surface area (Å²) in [6.45, 7) is 2.08. The number of amides is 1. The Morgan fingerprint density at radius 2 is 2.21 bits per heavy atom. The van der Waals surface area contributed by atoms with Gasteiger partial charge in [0.2, 0.25) is 5.76 Å². The summed E-state index contributed by atoms with van der Waals surface area (Å²) in [5, 5.41) is 14.5. The molecule has 0 aliphatic carbocycles. The van der Waals surface area contributed by atoms with E-state index < -0.39 is 11.9 Å². The van der Waals surface area contributed by atoms with Gasteiger partial charge >= 0.3 is 5.97 Å². The molecular formula is C11H17N3O5. The summed E-state index contributed by atoms with van der Waals surface area (Å²) in [7, 11) is 3.88. The van der Waals surface area contributed by atoms with Crippen LogP contribution in [0.3, 0.4) is 0 Å². The number of nitrogens with one attached hydrogen (secondary N) is 1. The topological polar surface area (TPSA) is 105 Å². The zero-order valence-electron chi connectivity index (χ0n) is 10.9. The molecule has 1 heterocycles. The highest BCUT2D eigenvalue weighted by Gasteiger charge is 2.15. The standard InChI is InChI=1S/C11H17N3O5/c1-14(2)4-6-18-5-3-12-10(15)8-7-9(11(16)17)19-13-8/h7H,3-6H2,1-2H3,(H,12,15)(H,16,17). The molecule has 0 saturated carbocycles. The first kappa shape index (κ1) is 15.1. The van der Waals surface area contributed by atoms with Gasteiger partial charge in [-0.05, 0) is 14.1 Å². The third-order valence-electron chi connectivity index (χ3n) is 2.17. The Bertz CT molecular complexity index is 430. The molecule has 19 heavy (non-hydrogen) atoms. The van der Waals surface area contributed by atoms with Crippen LogP contribution >= 0.6 is 0 Å². The number of carbonyl (C=O) groups is 2. The van der Waals surface area contributed by atoms with Gasteiger partial charge in [-0.25, -0.2) is 4.79 Å². The Kier molecular flexibility index (Phi) is 5.97. The monoisotopic (exact) mass is 271 g/mol. The van der Waals surface area contributed by atoms with Crippen molar-refractivity contribution in [1.29, 1.82) is 0 Å². The summed E-state index contributed by atoms with van der Waals surface area (Å²) < 4.78 is 9.75. The minimum atomic E-state index is -1.27. The number of rotatable bonds is 8. The molecule has 0 aliphatic heterocycles. The smallest absolute Gasteiger partial charge is 0.374 e. The van der Waals surface area contributed by atoms with Gasteiger partial charge in [0.25, 0.3) is 5.91 Å². The number of hydrogen-bond donors (Lipinski definition) is 2. The Morgan fingerprint density at radius 3 is 2.79 bits per heavy atom. The van der Waals surface area contributed by atoms with Gasteiger partial charge in [-0.15, -0.1) is 0 Å². The van der Waals surface area contributed by atoms with Crippen molar-refractivity contribution < 1.29 is 24.0 Å². The maximum Gasteiger partial charge on any atom is 0.374 e. The van der Waals surface area contributed by atoms with Crippen LogP contribution in [0.4, 0.5) is 0 Å². The van der Waals surface area contributed by atoms with E-state index in [0.29, 0.717) is 19.8 Å². The minimum absolute atomic E-state index is 0.0642. The molecule has 8 heteroatoms. The highest BCUT2D eigenvalue weighted by molar-refractivity contribution is 5.94. The Balaban J connectivity index is 2.22. The van der Waals surface area contributed by atoms with Crippen LogP contribution in [-0.4, -0.2) is 67.4 Å². The number of nitrogens with zero attached hydrogens (tertiary/aromatic N) is 2. The molecule has 2 N–H and O–H groups in total. The lowest BCUT2D eigenvalue weighted by Gasteiger charge is -2.09. The fraction of sp³-hybridized carbons (Fsp3) is 0.545. The van der Waals surface area contributed by atoms with Crippen LogP contribution in [0.25, 0.3) is 0 Å². The highest BCUT2D eigenvalue weighted by atomic mass is 16.5. The summed E-state index contributed by atoms with van der Waals surface area (Å²) >= 11 is 0. The van der Waals surface area contributed by atoms with Crippen LogP contribution in [0.15, 0.2) is 10.6 Å². The molecule has 1 aromatic heterocycles. The van der Waals surface area contributed by atoms with Crippen LogP contribution in [0.2, 0.25) is 0 Å². The van der Waals surface area contributed by atoms with Crippen LogP contribution in [0.5, 0.6) is 0 Å². The number of aromatic nitrogens is 1. The van der Waals surface area contributed by atoms with Gasteiger partial charge in [-0.3, -0.25) is 4.79 Å². The predicted molar refractivity (Wildman–Crippen MR) is 65.2 cm³/mol. The summed E-state index contributed by atoms with van der Waals surface area (Å²) in [4.78, 5) is 24.1. The Morgan fingerprint density at radius 1 is 1.47 bits per heavy atom. The van der Waals surface area contributed by atoms with Crippen LogP contribution in [0.1, 0.15) is 21.0 Å². The Labute approximate surface area is 110 Å². The first-order valence-corrected chi connectivity index (χ1v) is 5.71. The second kappa shape index (κ2) is 7.49. The van der Waals surface area contributed by atoms with E-state index in [2.05, 4.69) is 15.0 Å². The number of hydrogen-bond acceptors (Lipinski definition) is 6. The maximum absolute atomic E-state index is 11.5. The fourth-order valence-electron chi connectivity index (χ4n) is 1.16. The first-order chi connectivity index (χ1) is 9.00. The molecule has 0 spiro atoms. The van der Waals surface area contributed by atoms with E-state index in [1.807, 2.05) is 19.0 Å². The Hall–Kier alpha value is -1.93. The van der Waals surface area contributed by atoms with Crippen molar-refractivity contribution in [2.24, 2.45) is 0 Å². The largest absolute Gasteiger partial charge is 0.475 e. The number of ether oxygens (including phenoxy) is 1. The first-order valence-electron chi connectivity index (χ1n) is 5.71. The summed E-state index contributed by atoms with van der Waals surface area (Å²) in [5.74, 6) is -2.13. The van der Waals surface area contributed by atoms with Crippen molar-refractivity contribution >= 4 is 11.9 Å². The molecule has 106 valence electrons. The SMILES string of the molecule is CN(C)CCOCCNC(=O)c1cc(C(=O)O)on1. The number of carboxylic acids is 1. The van der Waals surface area contributed by atoms with Crippen molar-refractivity contribution in [3.63, 3.8) is 0 Å². The van der Waals surface area contributed by atoms with E-state index in [4.69, 9.17) is 9.84 Å². The van der Waals surface area contributed by atoms with Gasteiger partial charge in [-0.2, -0.15) is 0 Å². The lowest BCUT2D eigenvalue weighted by molar-refractivity contribution is 0.0651. The fourth-order valence-corrected chi connectivity index (χ4v) is 1.16. The second-order valence-corrected chi connectivity index (χ2v) is 4.05. The van der Waals surface area contributed by atoms with Gasteiger partial charge in [0.15, 0.2) is 5.69 Å². The van der Waals surface area contributed by atoms with E-state index in [1.165, 1.54) is 0 Å². The molecule has 1 amide bonds. The minimum Gasteiger partial charge on any atom is -0.475 e. The molecule has 8 nitrogen and oxygen atoms in total. The van der Waals surface area contributed by atoms with Gasteiger partial charge in [0.1, 0.15) is 0 Å². The molecule has 0 fully saturated rings. The van der Waals surface area contributed by atoms with Crippen LogP contribution < -0.4 is 5.32 Å². The summed E-state index contributed by atoms with van der Waals surface area (Å²) in [6.07, 6.45) is 0. The lowest BCUT2D eigenvalue weighted by atomic mass is 10.3. The van der Waals surface area contributed by atoms with E-state index in [-0.39, 0.29) is 11.5 Å². The average Bonchev–Trinajstić information content (AvgIpc) is 2.82. The molecule has 0 atom stereocenters. The molecule has 0 saturated heterocycles. The molecule has 1 rings (SSSR count). The molecule has 1 aromatic rings. The second-order valence-electron chi connectivity index (χ2n) is 4.05. The zero-order chi connectivity index (χ0) is 14.3. The predicted octanol–water partition coefficient (Wildman–Crippen LogP) is -0.319. The molecular weight excluding hydrogens is 254 g/mol. The molecule has 0 unspecified atom stereocenters. The van der Waals surface area contributed by atoms with E-state index in [9.17, 15) is 9.59 Å². The van der Waals surface area contributed by atoms with Gasteiger partial charge in [-0.1, -0.05) is 5.16 Å². The lowest BCUT2D eigenvalue weighted by Crippen LogP contribution is -2.28. The van der Waals surface area contributed by atoms with Crippen molar-refractivity contribution in [2.45, 2.75) is 0 Å². The van der Waals surface area contributed by atoms with E-state index in [1.54, 1.807) is 0 Å². The maximum atomic E-state index is 11.5. The number of likely N-dealkylation sites (N-methyl/N-ethyl adjacent to an activating group) is 1. The van der Waals surface area contributed by atoms with Crippen molar-refractivity contribution in [3.8, 4) is 0 Å². The van der Waals surface area contributed by atoms with Crippen LogP contribution in [0, 0.1) is 0 Å². The summed E-state index contributed by atoms with van der Waals surface area (Å²) in [6, 6.07) is 1.07. The molecule has 0 radical (unpaired) electrons. The quantitative estimate of drug-likeness (QED) is 0.624.